The Kier molecular flexibility index (Phi) is 4.84. The average Bonchev–Trinajstić information content (AvgIpc) is 2.25. The van der Waals surface area contributed by atoms with Crippen LogP contribution in [-0.2, 0) is 0 Å². The SMILES string of the molecule is N=C=NCC1CCC(CN=C=N)CC1. The Balaban J connectivity index is 2.23. The summed E-state index contributed by atoms with van der Waals surface area (Å²) in [6, 6.07) is 4.16. The second kappa shape index (κ2) is 6.25. The summed E-state index contributed by atoms with van der Waals surface area (Å²) in [5.74, 6) is 1.26. The summed E-state index contributed by atoms with van der Waals surface area (Å²) < 4.78 is 0. The lowest BCUT2D eigenvalue weighted by atomic mass is 9.82. The lowest BCUT2D eigenvalue weighted by molar-refractivity contribution is 0.286. The molecule has 2 N–H and O–H groups in total. The van der Waals surface area contributed by atoms with E-state index < -0.39 is 0 Å². The fraction of sp³-hybridized carbons (Fsp3) is 0.800. The van der Waals surface area contributed by atoms with E-state index >= 15 is 0 Å². The van der Waals surface area contributed by atoms with Crippen molar-refractivity contribution in [3.8, 4) is 0 Å². The van der Waals surface area contributed by atoms with Gasteiger partial charge in [0.2, 0.25) is 0 Å². The van der Waals surface area contributed by atoms with Crippen LogP contribution < -0.4 is 0 Å². The fourth-order valence-electron chi connectivity index (χ4n) is 1.95. The lowest BCUT2D eigenvalue weighted by Crippen LogP contribution is -2.18. The van der Waals surface area contributed by atoms with Crippen molar-refractivity contribution < 1.29 is 0 Å². The highest BCUT2D eigenvalue weighted by Gasteiger charge is 2.20. The molecule has 0 aromatic heterocycles. The number of hydrogen-bond donors (Lipinski definition) is 2. The maximum absolute atomic E-state index is 6.69. The highest BCUT2D eigenvalue weighted by atomic mass is 14.7. The van der Waals surface area contributed by atoms with Crippen LogP contribution in [0.5, 0.6) is 0 Å². The van der Waals surface area contributed by atoms with Crippen LogP contribution >= 0.6 is 0 Å². The number of aliphatic imine (C=N–C) groups is 2. The molecular weight excluding hydrogens is 176 g/mol. The Morgan fingerprint density at radius 2 is 1.21 bits per heavy atom. The molecule has 0 amide bonds. The summed E-state index contributed by atoms with van der Waals surface area (Å²) >= 11 is 0. The molecule has 1 saturated carbocycles. The first kappa shape index (κ1) is 10.8. The number of rotatable bonds is 4. The van der Waals surface area contributed by atoms with Gasteiger partial charge in [0.1, 0.15) is 0 Å². The quantitative estimate of drug-likeness (QED) is 0.641. The maximum Gasteiger partial charge on any atom is 0.0862 e. The van der Waals surface area contributed by atoms with Crippen molar-refractivity contribution in [2.24, 2.45) is 21.8 Å². The van der Waals surface area contributed by atoms with Crippen LogP contribution in [0.3, 0.4) is 0 Å². The topological polar surface area (TPSA) is 72.4 Å². The molecule has 1 rings (SSSR count). The second-order valence-corrected chi connectivity index (χ2v) is 3.79. The first-order valence-electron chi connectivity index (χ1n) is 5.03. The molecule has 0 heterocycles. The van der Waals surface area contributed by atoms with Gasteiger partial charge in [-0.2, -0.15) is 0 Å². The molecule has 0 aromatic carbocycles. The van der Waals surface area contributed by atoms with Gasteiger partial charge in [0, 0.05) is 0 Å². The van der Waals surface area contributed by atoms with E-state index in [0.717, 1.165) is 13.1 Å². The number of nitrogens with zero attached hydrogens (tertiary/aromatic N) is 2. The first-order valence-corrected chi connectivity index (χ1v) is 5.03. The molecule has 0 bridgehead atoms. The minimum atomic E-state index is 0.632. The van der Waals surface area contributed by atoms with Gasteiger partial charge in [-0.15, -0.1) is 0 Å². The van der Waals surface area contributed by atoms with Crippen molar-refractivity contribution in [2.45, 2.75) is 25.7 Å². The molecule has 4 nitrogen and oxygen atoms in total. The lowest BCUT2D eigenvalue weighted by Gasteiger charge is -2.25. The minimum absolute atomic E-state index is 0.632. The van der Waals surface area contributed by atoms with Crippen LogP contribution in [0.15, 0.2) is 9.98 Å². The highest BCUT2D eigenvalue weighted by molar-refractivity contribution is 5.35. The predicted molar refractivity (Wildman–Crippen MR) is 55.5 cm³/mol. The van der Waals surface area contributed by atoms with E-state index in [4.69, 9.17) is 10.8 Å². The van der Waals surface area contributed by atoms with Crippen molar-refractivity contribution >= 4 is 12.0 Å². The van der Waals surface area contributed by atoms with E-state index in [1.54, 1.807) is 0 Å². The van der Waals surface area contributed by atoms with Crippen molar-refractivity contribution in [1.29, 1.82) is 10.8 Å². The van der Waals surface area contributed by atoms with Gasteiger partial charge in [0.05, 0.1) is 25.1 Å². The summed E-state index contributed by atoms with van der Waals surface area (Å²) in [4.78, 5) is 7.67. The molecule has 0 radical (unpaired) electrons. The average molecular weight is 192 g/mol. The molecule has 0 unspecified atom stereocenters. The zero-order chi connectivity index (χ0) is 10.2. The van der Waals surface area contributed by atoms with Crippen molar-refractivity contribution in [3.63, 3.8) is 0 Å². The van der Waals surface area contributed by atoms with E-state index in [1.165, 1.54) is 25.7 Å². The smallest absolute Gasteiger partial charge is 0.0862 e. The number of nitrogens with one attached hydrogen (secondary N) is 2. The molecule has 4 heteroatoms. The Hall–Kier alpha value is -1.24. The molecule has 0 aliphatic heterocycles. The van der Waals surface area contributed by atoms with Crippen LogP contribution in [0.25, 0.3) is 0 Å². The van der Waals surface area contributed by atoms with Gasteiger partial charge in [-0.25, -0.2) is 20.8 Å². The highest BCUT2D eigenvalue weighted by Crippen LogP contribution is 2.28. The van der Waals surface area contributed by atoms with Gasteiger partial charge in [0.25, 0.3) is 0 Å². The second-order valence-electron chi connectivity index (χ2n) is 3.79. The number of hydrogen-bond acceptors (Lipinski definition) is 4. The molecule has 0 spiro atoms. The van der Waals surface area contributed by atoms with E-state index in [-0.39, 0.29) is 0 Å². The first-order chi connectivity index (χ1) is 6.86. The molecule has 1 aliphatic rings. The minimum Gasteiger partial charge on any atom is -0.242 e. The third-order valence-corrected chi connectivity index (χ3v) is 2.82. The summed E-state index contributed by atoms with van der Waals surface area (Å²) in [5, 5.41) is 13.4. The Morgan fingerprint density at radius 1 is 0.857 bits per heavy atom. The van der Waals surface area contributed by atoms with Gasteiger partial charge < -0.3 is 0 Å². The van der Waals surface area contributed by atoms with Gasteiger partial charge in [-0.3, -0.25) is 0 Å². The normalized spacial score (nSPS) is 26.0. The zero-order valence-corrected chi connectivity index (χ0v) is 8.29. The molecule has 1 aliphatic carbocycles. The van der Waals surface area contributed by atoms with Gasteiger partial charge >= 0.3 is 0 Å². The monoisotopic (exact) mass is 192 g/mol. The third-order valence-electron chi connectivity index (χ3n) is 2.82. The van der Waals surface area contributed by atoms with E-state index in [0.29, 0.717) is 11.8 Å². The predicted octanol–water partition coefficient (Wildman–Crippen LogP) is 2.30. The summed E-state index contributed by atoms with van der Waals surface area (Å²) in [6.07, 6.45) is 4.68. The molecule has 14 heavy (non-hydrogen) atoms. The van der Waals surface area contributed by atoms with Crippen LogP contribution in [0.1, 0.15) is 25.7 Å². The Labute approximate surface area is 84.2 Å². The van der Waals surface area contributed by atoms with Crippen molar-refractivity contribution in [3.05, 3.63) is 0 Å². The molecule has 76 valence electrons. The fourth-order valence-corrected chi connectivity index (χ4v) is 1.95. The van der Waals surface area contributed by atoms with E-state index in [2.05, 4.69) is 22.0 Å². The summed E-state index contributed by atoms with van der Waals surface area (Å²) in [7, 11) is 0. The van der Waals surface area contributed by atoms with Gasteiger partial charge in [-0.05, 0) is 37.5 Å². The molecular formula is C10H16N4. The largest absolute Gasteiger partial charge is 0.242 e. The van der Waals surface area contributed by atoms with Crippen LogP contribution in [0.2, 0.25) is 0 Å². The van der Waals surface area contributed by atoms with Crippen LogP contribution in [0.4, 0.5) is 0 Å². The van der Waals surface area contributed by atoms with Crippen molar-refractivity contribution in [1.82, 2.24) is 0 Å². The maximum atomic E-state index is 6.69. The van der Waals surface area contributed by atoms with E-state index in [9.17, 15) is 0 Å². The van der Waals surface area contributed by atoms with Gasteiger partial charge in [-0.1, -0.05) is 0 Å². The Morgan fingerprint density at radius 3 is 1.50 bits per heavy atom. The van der Waals surface area contributed by atoms with Crippen molar-refractivity contribution in [2.75, 3.05) is 13.1 Å². The van der Waals surface area contributed by atoms with E-state index in [1.807, 2.05) is 0 Å². The van der Waals surface area contributed by atoms with Gasteiger partial charge in [0.15, 0.2) is 0 Å². The molecule has 1 fully saturated rings. The molecule has 0 aromatic rings. The Bertz CT molecular complexity index is 225. The summed E-state index contributed by atoms with van der Waals surface area (Å²) in [5.41, 5.74) is 0. The standard InChI is InChI=1S/C10H16N4/c11-7-13-5-9-1-2-10(4-3-9)6-14-8-12/h9-12H,1-6H2. The third kappa shape index (κ3) is 3.65. The summed E-state index contributed by atoms with van der Waals surface area (Å²) in [6.45, 7) is 1.51. The van der Waals surface area contributed by atoms with Crippen LogP contribution in [-0.4, -0.2) is 25.1 Å². The molecule has 0 saturated heterocycles. The zero-order valence-electron chi connectivity index (χ0n) is 8.29. The van der Waals surface area contributed by atoms with Crippen LogP contribution in [0, 0.1) is 22.7 Å². The molecule has 0 atom stereocenters.